The standard InChI is InChI=1S/C19H31NO3/c1-4-7-10-16(5-2)15-20-19(21)17-11-8-9-12-18(17)23-14-13-22-6-3/h8-9,11-12,16H,4-7,10,13-15H2,1-3H3,(H,20,21). The fourth-order valence-electron chi connectivity index (χ4n) is 2.41. The Hall–Kier alpha value is -1.55. The number of para-hydroxylation sites is 1. The van der Waals surface area contributed by atoms with Gasteiger partial charge in [-0.2, -0.15) is 0 Å². The molecule has 1 unspecified atom stereocenters. The molecule has 0 aromatic heterocycles. The first-order chi connectivity index (χ1) is 11.2. The summed E-state index contributed by atoms with van der Waals surface area (Å²) in [5, 5.41) is 3.05. The Labute approximate surface area is 140 Å². The van der Waals surface area contributed by atoms with Crippen LogP contribution in [0.1, 0.15) is 56.8 Å². The van der Waals surface area contributed by atoms with Gasteiger partial charge in [0.15, 0.2) is 0 Å². The van der Waals surface area contributed by atoms with E-state index in [1.165, 1.54) is 19.3 Å². The van der Waals surface area contributed by atoms with Crippen LogP contribution >= 0.6 is 0 Å². The largest absolute Gasteiger partial charge is 0.490 e. The molecule has 0 aliphatic heterocycles. The molecule has 1 aromatic rings. The molecule has 1 aromatic carbocycles. The normalized spacial score (nSPS) is 12.0. The van der Waals surface area contributed by atoms with Crippen molar-refractivity contribution in [1.29, 1.82) is 0 Å². The maximum atomic E-state index is 12.4. The zero-order chi connectivity index (χ0) is 16.9. The number of unbranched alkanes of at least 4 members (excludes halogenated alkanes) is 1. The van der Waals surface area contributed by atoms with Gasteiger partial charge < -0.3 is 14.8 Å². The van der Waals surface area contributed by atoms with Crippen LogP contribution in [0.3, 0.4) is 0 Å². The molecule has 23 heavy (non-hydrogen) atoms. The predicted octanol–water partition coefficient (Wildman–Crippen LogP) is 4.05. The number of amides is 1. The van der Waals surface area contributed by atoms with Crippen LogP contribution in [-0.2, 0) is 4.74 Å². The number of hydrogen-bond acceptors (Lipinski definition) is 3. The second kappa shape index (κ2) is 11.9. The average Bonchev–Trinajstić information content (AvgIpc) is 2.59. The van der Waals surface area contributed by atoms with Crippen LogP contribution in [0.4, 0.5) is 0 Å². The van der Waals surface area contributed by atoms with E-state index in [1.807, 2.05) is 25.1 Å². The second-order valence-corrected chi connectivity index (χ2v) is 5.67. The van der Waals surface area contributed by atoms with E-state index in [2.05, 4.69) is 19.2 Å². The quantitative estimate of drug-likeness (QED) is 0.591. The molecule has 4 nitrogen and oxygen atoms in total. The minimum absolute atomic E-state index is 0.0630. The maximum Gasteiger partial charge on any atom is 0.255 e. The summed E-state index contributed by atoms with van der Waals surface area (Å²) in [7, 11) is 0. The van der Waals surface area contributed by atoms with Gasteiger partial charge in [0.05, 0.1) is 12.2 Å². The third-order valence-electron chi connectivity index (χ3n) is 3.92. The molecule has 0 radical (unpaired) electrons. The summed E-state index contributed by atoms with van der Waals surface area (Å²) in [6.07, 6.45) is 4.67. The number of rotatable bonds is 12. The Morgan fingerprint density at radius 2 is 1.96 bits per heavy atom. The van der Waals surface area contributed by atoms with E-state index in [0.29, 0.717) is 37.1 Å². The van der Waals surface area contributed by atoms with Crippen LogP contribution in [0, 0.1) is 5.92 Å². The van der Waals surface area contributed by atoms with Gasteiger partial charge in [0, 0.05) is 13.2 Å². The monoisotopic (exact) mass is 321 g/mol. The Kier molecular flexibility index (Phi) is 10.1. The molecule has 0 bridgehead atoms. The summed E-state index contributed by atoms with van der Waals surface area (Å²) in [6.45, 7) is 8.69. The fourth-order valence-corrected chi connectivity index (χ4v) is 2.41. The van der Waals surface area contributed by atoms with Crippen molar-refractivity contribution in [3.63, 3.8) is 0 Å². The van der Waals surface area contributed by atoms with Crippen LogP contribution in [0.15, 0.2) is 24.3 Å². The Morgan fingerprint density at radius 1 is 1.17 bits per heavy atom. The SMILES string of the molecule is CCCCC(CC)CNC(=O)c1ccccc1OCCOCC. The molecule has 4 heteroatoms. The van der Waals surface area contributed by atoms with Crippen LogP contribution in [-0.4, -0.2) is 32.3 Å². The van der Waals surface area contributed by atoms with E-state index in [9.17, 15) is 4.79 Å². The lowest BCUT2D eigenvalue weighted by atomic mass is 9.99. The third-order valence-corrected chi connectivity index (χ3v) is 3.92. The highest BCUT2D eigenvalue weighted by Crippen LogP contribution is 2.18. The molecule has 1 amide bonds. The van der Waals surface area contributed by atoms with Crippen molar-refractivity contribution >= 4 is 5.91 Å². The lowest BCUT2D eigenvalue weighted by Crippen LogP contribution is -2.29. The van der Waals surface area contributed by atoms with Crippen molar-refractivity contribution in [2.75, 3.05) is 26.4 Å². The molecule has 1 N–H and O–H groups in total. The average molecular weight is 321 g/mol. The van der Waals surface area contributed by atoms with Crippen LogP contribution in [0.2, 0.25) is 0 Å². The van der Waals surface area contributed by atoms with Crippen LogP contribution < -0.4 is 10.1 Å². The Bertz CT molecular complexity index is 448. The van der Waals surface area contributed by atoms with E-state index >= 15 is 0 Å². The molecule has 0 spiro atoms. The zero-order valence-corrected chi connectivity index (χ0v) is 14.8. The molecule has 0 heterocycles. The van der Waals surface area contributed by atoms with Crippen LogP contribution in [0.25, 0.3) is 0 Å². The number of carbonyl (C=O) groups is 1. The topological polar surface area (TPSA) is 47.6 Å². The maximum absolute atomic E-state index is 12.4. The van der Waals surface area contributed by atoms with Gasteiger partial charge in [-0.15, -0.1) is 0 Å². The van der Waals surface area contributed by atoms with Gasteiger partial charge in [0.25, 0.3) is 5.91 Å². The highest BCUT2D eigenvalue weighted by Gasteiger charge is 2.14. The molecule has 0 aliphatic rings. The first-order valence-corrected chi connectivity index (χ1v) is 8.80. The van der Waals surface area contributed by atoms with Gasteiger partial charge in [0.2, 0.25) is 0 Å². The first kappa shape index (κ1) is 19.5. The summed E-state index contributed by atoms with van der Waals surface area (Å²) in [5.74, 6) is 1.10. The van der Waals surface area contributed by atoms with E-state index < -0.39 is 0 Å². The summed E-state index contributed by atoms with van der Waals surface area (Å²) in [4.78, 5) is 12.4. The van der Waals surface area contributed by atoms with Crippen molar-refractivity contribution in [2.24, 2.45) is 5.92 Å². The van der Waals surface area contributed by atoms with E-state index in [1.54, 1.807) is 6.07 Å². The van der Waals surface area contributed by atoms with Crippen molar-refractivity contribution in [3.05, 3.63) is 29.8 Å². The molecule has 0 aliphatic carbocycles. The summed E-state index contributed by atoms with van der Waals surface area (Å²) < 4.78 is 10.9. The van der Waals surface area contributed by atoms with Crippen molar-refractivity contribution in [2.45, 2.75) is 46.5 Å². The predicted molar refractivity (Wildman–Crippen MR) is 94.1 cm³/mol. The number of ether oxygens (including phenoxy) is 2. The van der Waals surface area contributed by atoms with Gasteiger partial charge in [0.1, 0.15) is 12.4 Å². The number of benzene rings is 1. The third kappa shape index (κ3) is 7.51. The van der Waals surface area contributed by atoms with Crippen molar-refractivity contribution in [1.82, 2.24) is 5.32 Å². The molecule has 1 atom stereocenters. The Morgan fingerprint density at radius 3 is 2.65 bits per heavy atom. The lowest BCUT2D eigenvalue weighted by molar-refractivity contribution is 0.0929. The first-order valence-electron chi connectivity index (χ1n) is 8.80. The number of carbonyl (C=O) groups excluding carboxylic acids is 1. The summed E-state index contributed by atoms with van der Waals surface area (Å²) in [5.41, 5.74) is 0.592. The molecular formula is C19H31NO3. The summed E-state index contributed by atoms with van der Waals surface area (Å²) in [6, 6.07) is 7.37. The Balaban J connectivity index is 2.54. The van der Waals surface area contributed by atoms with Gasteiger partial charge in [-0.1, -0.05) is 45.2 Å². The van der Waals surface area contributed by atoms with Gasteiger partial charge in [-0.25, -0.2) is 0 Å². The number of hydrogen-bond donors (Lipinski definition) is 1. The van der Waals surface area contributed by atoms with Gasteiger partial charge in [-0.3, -0.25) is 4.79 Å². The van der Waals surface area contributed by atoms with E-state index in [4.69, 9.17) is 9.47 Å². The molecule has 130 valence electrons. The minimum atomic E-state index is -0.0630. The highest BCUT2D eigenvalue weighted by atomic mass is 16.5. The fraction of sp³-hybridized carbons (Fsp3) is 0.632. The second-order valence-electron chi connectivity index (χ2n) is 5.67. The lowest BCUT2D eigenvalue weighted by Gasteiger charge is -2.16. The van der Waals surface area contributed by atoms with Crippen molar-refractivity contribution in [3.8, 4) is 5.75 Å². The zero-order valence-electron chi connectivity index (χ0n) is 14.8. The van der Waals surface area contributed by atoms with Crippen molar-refractivity contribution < 1.29 is 14.3 Å². The molecule has 1 rings (SSSR count). The highest BCUT2D eigenvalue weighted by molar-refractivity contribution is 5.96. The summed E-state index contributed by atoms with van der Waals surface area (Å²) >= 11 is 0. The molecule has 0 saturated heterocycles. The minimum Gasteiger partial charge on any atom is -0.490 e. The molecular weight excluding hydrogens is 290 g/mol. The van der Waals surface area contributed by atoms with Gasteiger partial charge >= 0.3 is 0 Å². The van der Waals surface area contributed by atoms with Gasteiger partial charge in [-0.05, 0) is 31.4 Å². The van der Waals surface area contributed by atoms with E-state index in [0.717, 1.165) is 13.0 Å². The van der Waals surface area contributed by atoms with Crippen LogP contribution in [0.5, 0.6) is 5.75 Å². The van der Waals surface area contributed by atoms with E-state index in [-0.39, 0.29) is 5.91 Å². The molecule has 0 fully saturated rings. The molecule has 0 saturated carbocycles. The number of nitrogens with one attached hydrogen (secondary N) is 1. The smallest absolute Gasteiger partial charge is 0.255 e.